The van der Waals surface area contributed by atoms with Gasteiger partial charge in [0.1, 0.15) is 0 Å². The van der Waals surface area contributed by atoms with Gasteiger partial charge in [0.25, 0.3) is 0 Å². The average Bonchev–Trinajstić information content (AvgIpc) is 3.02. The van der Waals surface area contributed by atoms with Gasteiger partial charge in [-0.1, -0.05) is 42.5 Å². The molecule has 0 saturated carbocycles. The Morgan fingerprint density at radius 3 is 2.76 bits per heavy atom. The lowest BCUT2D eigenvalue weighted by Gasteiger charge is -2.20. The fraction of sp³-hybridized carbons (Fsp3) is 0.100. The SMILES string of the molecule is Nc1ccc2c(c1)ncn2C(CC(=O)O)c1cccc2ccccc12. The quantitative estimate of drug-likeness (QED) is 0.557. The van der Waals surface area contributed by atoms with E-state index in [2.05, 4.69) is 4.98 Å². The Morgan fingerprint density at radius 2 is 1.92 bits per heavy atom. The van der Waals surface area contributed by atoms with Crippen LogP contribution in [-0.2, 0) is 4.79 Å². The number of carbonyl (C=O) groups is 1. The predicted molar refractivity (Wildman–Crippen MR) is 98.5 cm³/mol. The fourth-order valence-electron chi connectivity index (χ4n) is 3.36. The molecule has 1 unspecified atom stereocenters. The van der Waals surface area contributed by atoms with E-state index in [0.29, 0.717) is 5.69 Å². The van der Waals surface area contributed by atoms with E-state index < -0.39 is 5.97 Å². The van der Waals surface area contributed by atoms with Crippen LogP contribution in [0.1, 0.15) is 18.0 Å². The normalized spacial score (nSPS) is 12.5. The van der Waals surface area contributed by atoms with E-state index in [0.717, 1.165) is 27.4 Å². The number of rotatable bonds is 4. The highest BCUT2D eigenvalue weighted by Crippen LogP contribution is 2.32. The number of aliphatic carboxylic acids is 1. The number of carboxylic acid groups (broad SMARTS) is 1. The molecule has 3 N–H and O–H groups in total. The molecule has 0 spiro atoms. The summed E-state index contributed by atoms with van der Waals surface area (Å²) in [5.74, 6) is -0.852. The third-order valence-corrected chi connectivity index (χ3v) is 4.48. The number of hydrogen-bond donors (Lipinski definition) is 2. The van der Waals surface area contributed by atoms with Gasteiger partial charge in [-0.2, -0.15) is 0 Å². The van der Waals surface area contributed by atoms with Crippen LogP contribution >= 0.6 is 0 Å². The van der Waals surface area contributed by atoms with Crippen molar-refractivity contribution in [1.82, 2.24) is 9.55 Å². The van der Waals surface area contributed by atoms with Gasteiger partial charge in [-0.15, -0.1) is 0 Å². The van der Waals surface area contributed by atoms with Gasteiger partial charge in [0.2, 0.25) is 0 Å². The molecule has 0 bridgehead atoms. The summed E-state index contributed by atoms with van der Waals surface area (Å²) in [6.07, 6.45) is 1.67. The van der Waals surface area contributed by atoms with Crippen molar-refractivity contribution < 1.29 is 9.90 Å². The largest absolute Gasteiger partial charge is 0.481 e. The van der Waals surface area contributed by atoms with Crippen LogP contribution in [0, 0.1) is 0 Å². The summed E-state index contributed by atoms with van der Waals surface area (Å²) in [6, 6.07) is 19.1. The van der Waals surface area contributed by atoms with Crippen LogP contribution in [0.2, 0.25) is 0 Å². The summed E-state index contributed by atoms with van der Waals surface area (Å²) in [5, 5.41) is 11.6. The van der Waals surface area contributed by atoms with Crippen molar-refractivity contribution in [2.45, 2.75) is 12.5 Å². The third kappa shape index (κ3) is 2.70. The summed E-state index contributed by atoms with van der Waals surface area (Å²) < 4.78 is 1.92. The van der Waals surface area contributed by atoms with Gasteiger partial charge in [0.15, 0.2) is 0 Å². The molecule has 4 rings (SSSR count). The topological polar surface area (TPSA) is 81.1 Å². The van der Waals surface area contributed by atoms with Gasteiger partial charge >= 0.3 is 5.97 Å². The second-order valence-corrected chi connectivity index (χ2v) is 6.08. The highest BCUT2D eigenvalue weighted by molar-refractivity contribution is 5.87. The minimum absolute atomic E-state index is 0.0240. The molecule has 5 heteroatoms. The summed E-state index contributed by atoms with van der Waals surface area (Å²) in [7, 11) is 0. The summed E-state index contributed by atoms with van der Waals surface area (Å²) in [5.41, 5.74) is 9.07. The zero-order valence-electron chi connectivity index (χ0n) is 13.5. The van der Waals surface area contributed by atoms with Gasteiger partial charge in [-0.25, -0.2) is 4.98 Å². The van der Waals surface area contributed by atoms with Crippen molar-refractivity contribution in [3.63, 3.8) is 0 Å². The van der Waals surface area contributed by atoms with Gasteiger partial charge in [0.05, 0.1) is 29.8 Å². The standard InChI is InChI=1S/C20H17N3O2/c21-14-8-9-18-17(10-14)22-12-23(18)19(11-20(24)25)16-7-3-5-13-4-1-2-6-15(13)16/h1-10,12,19H,11,21H2,(H,24,25). The monoisotopic (exact) mass is 331 g/mol. The van der Waals surface area contributed by atoms with Crippen LogP contribution < -0.4 is 5.73 Å². The second kappa shape index (κ2) is 5.94. The Labute approximate surface area is 144 Å². The Balaban J connectivity index is 1.95. The molecule has 3 aromatic carbocycles. The van der Waals surface area contributed by atoms with Crippen LogP contribution in [0.15, 0.2) is 67.0 Å². The van der Waals surface area contributed by atoms with E-state index in [1.165, 1.54) is 0 Å². The van der Waals surface area contributed by atoms with Crippen LogP contribution in [0.4, 0.5) is 5.69 Å². The molecule has 0 aliphatic carbocycles. The number of aromatic nitrogens is 2. The first kappa shape index (κ1) is 15.2. The maximum atomic E-state index is 11.6. The maximum absolute atomic E-state index is 11.6. The Kier molecular flexibility index (Phi) is 3.61. The predicted octanol–water partition coefficient (Wildman–Crippen LogP) is 3.84. The van der Waals surface area contributed by atoms with Crippen LogP contribution in [0.25, 0.3) is 21.8 Å². The molecular weight excluding hydrogens is 314 g/mol. The Hall–Kier alpha value is -3.34. The molecular formula is C20H17N3O2. The number of nitrogens with two attached hydrogens (primary N) is 1. The van der Waals surface area contributed by atoms with E-state index in [-0.39, 0.29) is 12.5 Å². The Morgan fingerprint density at radius 1 is 1.12 bits per heavy atom. The van der Waals surface area contributed by atoms with Gasteiger partial charge < -0.3 is 15.4 Å². The number of nitrogen functional groups attached to an aromatic ring is 1. The molecule has 1 heterocycles. The summed E-state index contributed by atoms with van der Waals surface area (Å²) in [6.45, 7) is 0. The lowest BCUT2D eigenvalue weighted by molar-refractivity contribution is -0.137. The first-order valence-corrected chi connectivity index (χ1v) is 8.05. The minimum atomic E-state index is -0.852. The first-order chi connectivity index (χ1) is 12.1. The number of hydrogen-bond acceptors (Lipinski definition) is 3. The van der Waals surface area contributed by atoms with E-state index >= 15 is 0 Å². The highest BCUT2D eigenvalue weighted by Gasteiger charge is 2.21. The molecule has 0 aliphatic heterocycles. The van der Waals surface area contributed by atoms with E-state index in [9.17, 15) is 9.90 Å². The fourth-order valence-corrected chi connectivity index (χ4v) is 3.36. The van der Waals surface area contributed by atoms with Crippen molar-refractivity contribution in [3.8, 4) is 0 Å². The number of fused-ring (bicyclic) bond motifs is 2. The van der Waals surface area contributed by atoms with Crippen molar-refractivity contribution in [1.29, 1.82) is 0 Å². The zero-order chi connectivity index (χ0) is 17.4. The van der Waals surface area contributed by atoms with Crippen molar-refractivity contribution >= 4 is 33.5 Å². The molecule has 0 saturated heterocycles. The van der Waals surface area contributed by atoms with Gasteiger partial charge in [-0.3, -0.25) is 4.79 Å². The summed E-state index contributed by atoms with van der Waals surface area (Å²) >= 11 is 0. The number of carboxylic acids is 1. The van der Waals surface area contributed by atoms with Crippen LogP contribution in [-0.4, -0.2) is 20.6 Å². The third-order valence-electron chi connectivity index (χ3n) is 4.48. The molecule has 0 aliphatic rings. The Bertz CT molecular complexity index is 1080. The molecule has 1 atom stereocenters. The molecule has 4 aromatic rings. The first-order valence-electron chi connectivity index (χ1n) is 8.05. The molecule has 25 heavy (non-hydrogen) atoms. The smallest absolute Gasteiger partial charge is 0.305 e. The molecule has 5 nitrogen and oxygen atoms in total. The van der Waals surface area contributed by atoms with Gasteiger partial charge in [0, 0.05) is 5.69 Å². The molecule has 0 fully saturated rings. The van der Waals surface area contributed by atoms with Gasteiger partial charge in [-0.05, 0) is 34.5 Å². The lowest BCUT2D eigenvalue weighted by Crippen LogP contribution is -2.15. The average molecular weight is 331 g/mol. The van der Waals surface area contributed by atoms with E-state index in [1.807, 2.05) is 53.1 Å². The van der Waals surface area contributed by atoms with E-state index in [1.54, 1.807) is 18.5 Å². The maximum Gasteiger partial charge on any atom is 0.305 e. The van der Waals surface area contributed by atoms with Crippen molar-refractivity contribution in [3.05, 3.63) is 72.6 Å². The van der Waals surface area contributed by atoms with Crippen molar-refractivity contribution in [2.24, 2.45) is 0 Å². The number of benzene rings is 3. The zero-order valence-corrected chi connectivity index (χ0v) is 13.5. The molecule has 1 aromatic heterocycles. The molecule has 0 amide bonds. The number of imidazole rings is 1. The van der Waals surface area contributed by atoms with E-state index in [4.69, 9.17) is 5.73 Å². The van der Waals surface area contributed by atoms with Crippen molar-refractivity contribution in [2.75, 3.05) is 5.73 Å². The summed E-state index contributed by atoms with van der Waals surface area (Å²) in [4.78, 5) is 16.0. The number of anilines is 1. The molecule has 124 valence electrons. The second-order valence-electron chi connectivity index (χ2n) is 6.08. The van der Waals surface area contributed by atoms with Crippen LogP contribution in [0.5, 0.6) is 0 Å². The lowest BCUT2D eigenvalue weighted by atomic mass is 9.96. The minimum Gasteiger partial charge on any atom is -0.481 e. The number of nitrogens with zero attached hydrogens (tertiary/aromatic N) is 2. The molecule has 0 radical (unpaired) electrons. The van der Waals surface area contributed by atoms with Crippen LogP contribution in [0.3, 0.4) is 0 Å². The highest BCUT2D eigenvalue weighted by atomic mass is 16.4.